The zero-order valence-corrected chi connectivity index (χ0v) is 12.8. The molecule has 1 aromatic carbocycles. The zero-order valence-electron chi connectivity index (χ0n) is 11.2. The second-order valence-corrected chi connectivity index (χ2v) is 4.94. The molecule has 2 rings (SSSR count). The smallest absolute Gasteiger partial charge is 0.179 e. The van der Waals surface area contributed by atoms with Gasteiger partial charge in [0.1, 0.15) is 0 Å². The standard InChI is InChI=1S/C13H19ClN2O2.ClH/c1-17-11-4-3-9(12(14)13(11)18-2)7-16-6-5-10(15)8-16;/h3-4,10H,5-8,15H2,1-2H3;1H. The first-order valence-corrected chi connectivity index (χ1v) is 6.40. The fraction of sp³-hybridized carbons (Fsp3) is 0.538. The van der Waals surface area contributed by atoms with Crippen molar-refractivity contribution in [2.75, 3.05) is 27.3 Å². The van der Waals surface area contributed by atoms with Gasteiger partial charge in [0.25, 0.3) is 0 Å². The van der Waals surface area contributed by atoms with Crippen molar-refractivity contribution in [2.24, 2.45) is 5.73 Å². The highest BCUT2D eigenvalue weighted by molar-refractivity contribution is 6.33. The summed E-state index contributed by atoms with van der Waals surface area (Å²) in [7, 11) is 3.20. The van der Waals surface area contributed by atoms with Crippen LogP contribution in [-0.4, -0.2) is 38.3 Å². The fourth-order valence-corrected chi connectivity index (χ4v) is 2.59. The van der Waals surface area contributed by atoms with E-state index in [9.17, 15) is 0 Å². The summed E-state index contributed by atoms with van der Waals surface area (Å²) in [5.74, 6) is 1.25. The quantitative estimate of drug-likeness (QED) is 0.927. The van der Waals surface area contributed by atoms with E-state index in [1.807, 2.05) is 12.1 Å². The Hall–Kier alpha value is -0.680. The van der Waals surface area contributed by atoms with Gasteiger partial charge in [0.15, 0.2) is 11.5 Å². The molecule has 1 aliphatic rings. The summed E-state index contributed by atoms with van der Waals surface area (Å²) in [6, 6.07) is 4.15. The SMILES string of the molecule is COc1ccc(CN2CCC(N)C2)c(Cl)c1OC.Cl. The number of nitrogens with zero attached hydrogens (tertiary/aromatic N) is 1. The molecule has 19 heavy (non-hydrogen) atoms. The Morgan fingerprint density at radius 3 is 2.63 bits per heavy atom. The minimum Gasteiger partial charge on any atom is -0.493 e. The average molecular weight is 307 g/mol. The van der Waals surface area contributed by atoms with Crippen LogP contribution in [0.1, 0.15) is 12.0 Å². The van der Waals surface area contributed by atoms with Crippen LogP contribution < -0.4 is 15.2 Å². The summed E-state index contributed by atoms with van der Waals surface area (Å²) in [5.41, 5.74) is 6.94. The predicted octanol–water partition coefficient (Wildman–Crippen LogP) is 2.31. The molecule has 0 radical (unpaired) electrons. The number of nitrogens with two attached hydrogens (primary N) is 1. The van der Waals surface area contributed by atoms with E-state index in [1.165, 1.54) is 0 Å². The van der Waals surface area contributed by atoms with E-state index in [0.717, 1.165) is 31.6 Å². The molecule has 1 saturated heterocycles. The molecular weight excluding hydrogens is 287 g/mol. The highest BCUT2D eigenvalue weighted by Crippen LogP contribution is 2.37. The van der Waals surface area contributed by atoms with E-state index >= 15 is 0 Å². The summed E-state index contributed by atoms with van der Waals surface area (Å²) in [6.07, 6.45) is 1.05. The van der Waals surface area contributed by atoms with E-state index in [0.29, 0.717) is 16.5 Å². The number of hydrogen-bond acceptors (Lipinski definition) is 4. The Balaban J connectivity index is 0.00000180. The number of benzene rings is 1. The van der Waals surface area contributed by atoms with Crippen LogP contribution in [0.3, 0.4) is 0 Å². The van der Waals surface area contributed by atoms with Gasteiger partial charge in [-0.15, -0.1) is 12.4 Å². The van der Waals surface area contributed by atoms with Crippen molar-refractivity contribution in [2.45, 2.75) is 19.0 Å². The maximum atomic E-state index is 6.34. The van der Waals surface area contributed by atoms with Crippen molar-refractivity contribution in [3.63, 3.8) is 0 Å². The van der Waals surface area contributed by atoms with Gasteiger partial charge in [-0.1, -0.05) is 17.7 Å². The lowest BCUT2D eigenvalue weighted by atomic mass is 10.2. The van der Waals surface area contributed by atoms with Gasteiger partial charge in [0.2, 0.25) is 0 Å². The molecule has 2 N–H and O–H groups in total. The van der Waals surface area contributed by atoms with Gasteiger partial charge in [0, 0.05) is 25.7 Å². The molecule has 1 aromatic rings. The van der Waals surface area contributed by atoms with Crippen LogP contribution in [0.4, 0.5) is 0 Å². The molecule has 1 unspecified atom stereocenters. The molecule has 0 aliphatic carbocycles. The Morgan fingerprint density at radius 2 is 2.11 bits per heavy atom. The lowest BCUT2D eigenvalue weighted by Gasteiger charge is -2.18. The second kappa shape index (κ2) is 7.20. The molecule has 0 spiro atoms. The summed E-state index contributed by atoms with van der Waals surface area (Å²) in [6.45, 7) is 2.74. The third kappa shape index (κ3) is 3.66. The molecule has 108 valence electrons. The molecule has 1 atom stereocenters. The Morgan fingerprint density at radius 1 is 1.37 bits per heavy atom. The number of rotatable bonds is 4. The maximum Gasteiger partial charge on any atom is 0.179 e. The van der Waals surface area contributed by atoms with Crippen LogP contribution in [0, 0.1) is 0 Å². The first-order valence-electron chi connectivity index (χ1n) is 6.03. The monoisotopic (exact) mass is 306 g/mol. The normalized spacial score (nSPS) is 19.1. The van der Waals surface area contributed by atoms with Crippen molar-refractivity contribution in [1.29, 1.82) is 0 Å². The van der Waals surface area contributed by atoms with E-state index < -0.39 is 0 Å². The van der Waals surface area contributed by atoms with Gasteiger partial charge >= 0.3 is 0 Å². The molecule has 1 aliphatic heterocycles. The van der Waals surface area contributed by atoms with E-state index in [4.69, 9.17) is 26.8 Å². The molecule has 6 heteroatoms. The lowest BCUT2D eigenvalue weighted by molar-refractivity contribution is 0.323. The largest absolute Gasteiger partial charge is 0.493 e. The minimum atomic E-state index is 0. The third-order valence-electron chi connectivity index (χ3n) is 3.27. The average Bonchev–Trinajstić information content (AvgIpc) is 2.77. The Bertz CT molecular complexity index is 429. The van der Waals surface area contributed by atoms with Crippen LogP contribution in [0.25, 0.3) is 0 Å². The molecule has 1 heterocycles. The van der Waals surface area contributed by atoms with Gasteiger partial charge in [0.05, 0.1) is 19.2 Å². The molecule has 0 amide bonds. The van der Waals surface area contributed by atoms with Gasteiger partial charge in [-0.25, -0.2) is 0 Å². The summed E-state index contributed by atoms with van der Waals surface area (Å²) in [5, 5.41) is 0.623. The minimum absolute atomic E-state index is 0. The number of hydrogen-bond donors (Lipinski definition) is 1. The van der Waals surface area contributed by atoms with Crippen molar-refractivity contribution in [1.82, 2.24) is 4.90 Å². The topological polar surface area (TPSA) is 47.7 Å². The second-order valence-electron chi connectivity index (χ2n) is 4.56. The van der Waals surface area contributed by atoms with Crippen molar-refractivity contribution in [3.05, 3.63) is 22.7 Å². The van der Waals surface area contributed by atoms with Crippen LogP contribution in [0.2, 0.25) is 5.02 Å². The predicted molar refractivity (Wildman–Crippen MR) is 79.7 cm³/mol. The number of ether oxygens (including phenoxy) is 2. The van der Waals surface area contributed by atoms with Crippen LogP contribution in [0.5, 0.6) is 11.5 Å². The number of likely N-dealkylation sites (tertiary alicyclic amines) is 1. The Kier molecular flexibility index (Phi) is 6.20. The number of methoxy groups -OCH3 is 2. The maximum absolute atomic E-state index is 6.34. The first kappa shape index (κ1) is 16.4. The lowest BCUT2D eigenvalue weighted by Crippen LogP contribution is -2.26. The Labute approximate surface area is 125 Å². The highest BCUT2D eigenvalue weighted by atomic mass is 35.5. The molecule has 1 fully saturated rings. The molecular formula is C13H20Cl2N2O2. The van der Waals surface area contributed by atoms with E-state index in [-0.39, 0.29) is 18.4 Å². The van der Waals surface area contributed by atoms with Crippen molar-refractivity contribution >= 4 is 24.0 Å². The highest BCUT2D eigenvalue weighted by Gasteiger charge is 2.21. The number of halogens is 2. The summed E-state index contributed by atoms with van der Waals surface area (Å²) >= 11 is 6.34. The van der Waals surface area contributed by atoms with Crippen LogP contribution >= 0.6 is 24.0 Å². The van der Waals surface area contributed by atoms with Crippen molar-refractivity contribution < 1.29 is 9.47 Å². The van der Waals surface area contributed by atoms with Gasteiger partial charge < -0.3 is 15.2 Å². The van der Waals surface area contributed by atoms with Gasteiger partial charge in [-0.05, 0) is 18.1 Å². The van der Waals surface area contributed by atoms with Crippen LogP contribution in [0.15, 0.2) is 12.1 Å². The van der Waals surface area contributed by atoms with Crippen LogP contribution in [-0.2, 0) is 6.54 Å². The third-order valence-corrected chi connectivity index (χ3v) is 3.68. The van der Waals surface area contributed by atoms with E-state index in [1.54, 1.807) is 14.2 Å². The molecule has 0 aromatic heterocycles. The molecule has 4 nitrogen and oxygen atoms in total. The summed E-state index contributed by atoms with van der Waals surface area (Å²) < 4.78 is 10.5. The van der Waals surface area contributed by atoms with Crippen molar-refractivity contribution in [3.8, 4) is 11.5 Å². The summed E-state index contributed by atoms with van der Waals surface area (Å²) in [4.78, 5) is 2.30. The van der Waals surface area contributed by atoms with Gasteiger partial charge in [-0.2, -0.15) is 0 Å². The molecule has 0 bridgehead atoms. The zero-order chi connectivity index (χ0) is 13.1. The first-order chi connectivity index (χ1) is 8.65. The molecule has 0 saturated carbocycles. The van der Waals surface area contributed by atoms with E-state index in [2.05, 4.69) is 4.90 Å². The fourth-order valence-electron chi connectivity index (χ4n) is 2.30. The van der Waals surface area contributed by atoms with Gasteiger partial charge in [-0.3, -0.25) is 4.90 Å².